The number of ether oxygens (including phenoxy) is 1. The minimum absolute atomic E-state index is 0.155. The number of nitrogens with one attached hydrogen (secondary N) is 2. The fourth-order valence-electron chi connectivity index (χ4n) is 3.00. The van der Waals surface area contributed by atoms with E-state index in [2.05, 4.69) is 52.6 Å². The van der Waals surface area contributed by atoms with Gasteiger partial charge in [0.15, 0.2) is 0 Å². The van der Waals surface area contributed by atoms with E-state index < -0.39 is 0 Å². The Bertz CT molecular complexity index is 794. The molecule has 0 bridgehead atoms. The second kappa shape index (κ2) is 10.3. The van der Waals surface area contributed by atoms with Crippen LogP contribution >= 0.6 is 11.8 Å². The van der Waals surface area contributed by atoms with Gasteiger partial charge >= 0.3 is 6.03 Å². The molecule has 1 aromatic heterocycles. The number of hydrogen-bond donors (Lipinski definition) is 2. The molecule has 1 aliphatic rings. The van der Waals surface area contributed by atoms with Crippen LogP contribution < -0.4 is 15.5 Å². The highest BCUT2D eigenvalue weighted by molar-refractivity contribution is 7.99. The molecular formula is C21H28N4O2S. The van der Waals surface area contributed by atoms with E-state index in [0.29, 0.717) is 26.3 Å². The Morgan fingerprint density at radius 3 is 2.79 bits per heavy atom. The van der Waals surface area contributed by atoms with Crippen molar-refractivity contribution in [3.63, 3.8) is 0 Å². The first-order valence-corrected chi connectivity index (χ1v) is 10.6. The summed E-state index contributed by atoms with van der Waals surface area (Å²) in [5, 5.41) is 5.86. The van der Waals surface area contributed by atoms with Gasteiger partial charge in [-0.05, 0) is 43.2 Å². The summed E-state index contributed by atoms with van der Waals surface area (Å²) in [7, 11) is 0. The standard InChI is InChI=1S/C21H28N4O2S/c1-16-5-6-19(14-17(16)2)28-13-8-23-21(26)24-15-18-4-3-7-22-20(18)25-9-11-27-12-10-25/h3-7,14H,8-13,15H2,1-2H3,(H2,23,24,26). The summed E-state index contributed by atoms with van der Waals surface area (Å²) in [5.41, 5.74) is 3.61. The molecule has 3 rings (SSSR count). The third-order valence-corrected chi connectivity index (χ3v) is 5.75. The van der Waals surface area contributed by atoms with Gasteiger partial charge < -0.3 is 20.3 Å². The summed E-state index contributed by atoms with van der Waals surface area (Å²) in [6.07, 6.45) is 1.79. The van der Waals surface area contributed by atoms with Gasteiger partial charge in [-0.15, -0.1) is 11.8 Å². The maximum atomic E-state index is 12.1. The molecule has 1 fully saturated rings. The van der Waals surface area contributed by atoms with E-state index >= 15 is 0 Å². The van der Waals surface area contributed by atoms with E-state index in [1.54, 1.807) is 18.0 Å². The van der Waals surface area contributed by atoms with Crippen molar-refractivity contribution in [2.75, 3.05) is 43.5 Å². The second-order valence-corrected chi connectivity index (χ2v) is 7.96. The number of morpholine rings is 1. The number of aryl methyl sites for hydroxylation is 2. The Kier molecular flexibility index (Phi) is 7.56. The third-order valence-electron chi connectivity index (χ3n) is 4.75. The molecule has 2 N–H and O–H groups in total. The van der Waals surface area contributed by atoms with Gasteiger partial charge in [-0.25, -0.2) is 9.78 Å². The van der Waals surface area contributed by atoms with Crippen molar-refractivity contribution in [2.24, 2.45) is 0 Å². The lowest BCUT2D eigenvalue weighted by atomic mass is 10.1. The predicted octanol–water partition coefficient (Wildman–Crippen LogP) is 3.13. The Labute approximate surface area is 171 Å². The van der Waals surface area contributed by atoms with Crippen molar-refractivity contribution >= 4 is 23.6 Å². The number of rotatable bonds is 7. The summed E-state index contributed by atoms with van der Waals surface area (Å²) >= 11 is 1.75. The molecule has 1 aliphatic heterocycles. The summed E-state index contributed by atoms with van der Waals surface area (Å²) in [5.74, 6) is 1.76. The first-order valence-electron chi connectivity index (χ1n) is 9.62. The van der Waals surface area contributed by atoms with Crippen LogP contribution in [0.1, 0.15) is 16.7 Å². The molecule has 0 atom stereocenters. The largest absolute Gasteiger partial charge is 0.378 e. The van der Waals surface area contributed by atoms with E-state index in [1.165, 1.54) is 16.0 Å². The molecule has 6 nitrogen and oxygen atoms in total. The Morgan fingerprint density at radius 2 is 2.00 bits per heavy atom. The molecule has 2 heterocycles. The number of hydrogen-bond acceptors (Lipinski definition) is 5. The number of pyridine rings is 1. The van der Waals surface area contributed by atoms with Crippen LogP contribution in [-0.2, 0) is 11.3 Å². The van der Waals surface area contributed by atoms with Gasteiger partial charge in [0.1, 0.15) is 5.82 Å². The topological polar surface area (TPSA) is 66.5 Å². The first-order chi connectivity index (χ1) is 13.6. The van der Waals surface area contributed by atoms with Crippen molar-refractivity contribution in [1.29, 1.82) is 0 Å². The van der Waals surface area contributed by atoms with Crippen LogP contribution in [0, 0.1) is 13.8 Å². The lowest BCUT2D eigenvalue weighted by Crippen LogP contribution is -2.39. The number of urea groups is 1. The zero-order valence-corrected chi connectivity index (χ0v) is 17.3. The minimum Gasteiger partial charge on any atom is -0.378 e. The number of amides is 2. The number of anilines is 1. The van der Waals surface area contributed by atoms with E-state index in [4.69, 9.17) is 4.74 Å². The number of benzene rings is 1. The van der Waals surface area contributed by atoms with Crippen LogP contribution in [0.4, 0.5) is 10.6 Å². The fourth-order valence-corrected chi connectivity index (χ4v) is 3.87. The molecule has 150 valence electrons. The van der Waals surface area contributed by atoms with Crippen LogP contribution in [0.2, 0.25) is 0 Å². The maximum Gasteiger partial charge on any atom is 0.315 e. The van der Waals surface area contributed by atoms with Gasteiger partial charge in [-0.1, -0.05) is 12.1 Å². The van der Waals surface area contributed by atoms with Crippen LogP contribution in [0.25, 0.3) is 0 Å². The SMILES string of the molecule is Cc1ccc(SCCNC(=O)NCc2cccnc2N2CCOCC2)cc1C. The van der Waals surface area contributed by atoms with Crippen molar-refractivity contribution < 1.29 is 9.53 Å². The van der Waals surface area contributed by atoms with Crippen molar-refractivity contribution in [2.45, 2.75) is 25.3 Å². The molecule has 0 aliphatic carbocycles. The predicted molar refractivity (Wildman–Crippen MR) is 114 cm³/mol. The van der Waals surface area contributed by atoms with E-state index in [-0.39, 0.29) is 6.03 Å². The number of aromatic nitrogens is 1. The molecular weight excluding hydrogens is 372 g/mol. The molecule has 0 unspecified atom stereocenters. The normalized spacial score (nSPS) is 14.0. The van der Waals surface area contributed by atoms with E-state index in [1.807, 2.05) is 12.1 Å². The van der Waals surface area contributed by atoms with Crippen LogP contribution in [0.5, 0.6) is 0 Å². The zero-order valence-electron chi connectivity index (χ0n) is 16.5. The summed E-state index contributed by atoms with van der Waals surface area (Å²) in [6.45, 7) is 8.38. The number of thioether (sulfide) groups is 1. The van der Waals surface area contributed by atoms with Crippen molar-refractivity contribution in [3.8, 4) is 0 Å². The van der Waals surface area contributed by atoms with Crippen LogP contribution in [-0.4, -0.2) is 49.6 Å². The molecule has 7 heteroatoms. The van der Waals surface area contributed by atoms with Gasteiger partial charge in [-0.2, -0.15) is 0 Å². The molecule has 28 heavy (non-hydrogen) atoms. The van der Waals surface area contributed by atoms with Gasteiger partial charge in [0.25, 0.3) is 0 Å². The lowest BCUT2D eigenvalue weighted by molar-refractivity contribution is 0.122. The van der Waals surface area contributed by atoms with Gasteiger partial charge in [0.2, 0.25) is 0 Å². The monoisotopic (exact) mass is 400 g/mol. The minimum atomic E-state index is -0.155. The highest BCUT2D eigenvalue weighted by Crippen LogP contribution is 2.20. The van der Waals surface area contributed by atoms with Crippen molar-refractivity contribution in [1.82, 2.24) is 15.6 Å². The quantitative estimate of drug-likeness (QED) is 0.552. The summed E-state index contributed by atoms with van der Waals surface area (Å²) in [4.78, 5) is 20.1. The summed E-state index contributed by atoms with van der Waals surface area (Å²) < 4.78 is 5.41. The second-order valence-electron chi connectivity index (χ2n) is 6.79. The Balaban J connectivity index is 1.41. The number of carbonyl (C=O) groups is 1. The average molecular weight is 401 g/mol. The lowest BCUT2D eigenvalue weighted by Gasteiger charge is -2.29. The van der Waals surface area contributed by atoms with Crippen LogP contribution in [0.15, 0.2) is 41.4 Å². The van der Waals surface area contributed by atoms with E-state index in [9.17, 15) is 4.79 Å². The molecule has 1 aromatic carbocycles. The molecule has 0 radical (unpaired) electrons. The van der Waals surface area contributed by atoms with Gasteiger partial charge in [0, 0.05) is 48.6 Å². The number of nitrogens with zero attached hydrogens (tertiary/aromatic N) is 2. The highest BCUT2D eigenvalue weighted by Gasteiger charge is 2.16. The molecule has 0 saturated carbocycles. The first kappa shape index (κ1) is 20.5. The van der Waals surface area contributed by atoms with Crippen LogP contribution in [0.3, 0.4) is 0 Å². The van der Waals surface area contributed by atoms with Crippen molar-refractivity contribution in [3.05, 3.63) is 53.2 Å². The smallest absolute Gasteiger partial charge is 0.315 e. The van der Waals surface area contributed by atoms with Gasteiger partial charge in [0.05, 0.1) is 13.2 Å². The molecule has 2 aromatic rings. The Hall–Kier alpha value is -2.25. The number of carbonyl (C=O) groups excluding carboxylic acids is 1. The third kappa shape index (κ3) is 5.87. The van der Waals surface area contributed by atoms with Gasteiger partial charge in [-0.3, -0.25) is 0 Å². The fraction of sp³-hybridized carbons (Fsp3) is 0.429. The maximum absolute atomic E-state index is 12.1. The molecule has 0 spiro atoms. The molecule has 2 amide bonds. The van der Waals surface area contributed by atoms with E-state index in [0.717, 1.165) is 30.2 Å². The summed E-state index contributed by atoms with van der Waals surface area (Å²) in [6, 6.07) is 10.2. The zero-order chi connectivity index (χ0) is 19.8. The average Bonchev–Trinajstić information content (AvgIpc) is 2.73. The molecule has 1 saturated heterocycles. The highest BCUT2D eigenvalue weighted by atomic mass is 32.2. The Morgan fingerprint density at radius 1 is 1.18 bits per heavy atom.